The van der Waals surface area contributed by atoms with Crippen LogP contribution in [0.25, 0.3) is 16.7 Å². The minimum atomic E-state index is -0.428. The molecule has 4 rings (SSSR count). The Labute approximate surface area is 165 Å². The third-order valence-electron chi connectivity index (χ3n) is 4.38. The highest BCUT2D eigenvalue weighted by atomic mass is 16.2. The molecule has 9 nitrogen and oxygen atoms in total. The summed E-state index contributed by atoms with van der Waals surface area (Å²) in [6.07, 6.45) is 0. The van der Waals surface area contributed by atoms with E-state index in [1.807, 2.05) is 38.4 Å². The molecule has 0 fully saturated rings. The number of fused-ring (bicyclic) bond motifs is 3. The Kier molecular flexibility index (Phi) is 4.44. The first-order chi connectivity index (χ1) is 14.0. The first kappa shape index (κ1) is 18.2. The van der Waals surface area contributed by atoms with Gasteiger partial charge in [0, 0.05) is 19.8 Å². The van der Waals surface area contributed by atoms with Crippen molar-refractivity contribution in [1.82, 2.24) is 19.2 Å². The lowest BCUT2D eigenvalue weighted by molar-refractivity contribution is -0.117. The fraction of sp³-hybridized carbons (Fsp3) is 0.150. The lowest BCUT2D eigenvalue weighted by atomic mass is 10.2. The number of hydrogen-bond donors (Lipinski definition) is 1. The van der Waals surface area contributed by atoms with Gasteiger partial charge >= 0.3 is 5.69 Å². The summed E-state index contributed by atoms with van der Waals surface area (Å²) in [5.41, 5.74) is 2.13. The van der Waals surface area contributed by atoms with Crippen LogP contribution in [0.5, 0.6) is 0 Å². The summed E-state index contributed by atoms with van der Waals surface area (Å²) in [5.74, 6) is 0.107. The predicted octanol–water partition coefficient (Wildman–Crippen LogP) is 1.62. The minimum absolute atomic E-state index is 0.265. The summed E-state index contributed by atoms with van der Waals surface area (Å²) >= 11 is 0. The van der Waals surface area contributed by atoms with Crippen LogP contribution in [0.15, 0.2) is 53.3 Å². The molecule has 0 aliphatic carbocycles. The van der Waals surface area contributed by atoms with Gasteiger partial charge in [-0.15, -0.1) is 5.10 Å². The number of anilines is 2. The Balaban J connectivity index is 1.75. The Bertz CT molecular complexity index is 1340. The molecule has 0 atom stereocenters. The van der Waals surface area contributed by atoms with Crippen molar-refractivity contribution in [2.24, 2.45) is 0 Å². The lowest BCUT2D eigenvalue weighted by Gasteiger charge is -2.12. The van der Waals surface area contributed by atoms with Gasteiger partial charge in [0.25, 0.3) is 0 Å². The number of carbonyl (C=O) groups is 1. The molecule has 0 bridgehead atoms. The second-order valence-electron chi connectivity index (χ2n) is 6.66. The largest absolute Gasteiger partial charge is 0.360 e. The van der Waals surface area contributed by atoms with Crippen molar-refractivity contribution in [3.63, 3.8) is 0 Å². The highest BCUT2D eigenvalue weighted by Crippen LogP contribution is 2.20. The number of aromatic nitrogens is 4. The van der Waals surface area contributed by atoms with Crippen LogP contribution in [0.3, 0.4) is 0 Å². The zero-order chi connectivity index (χ0) is 20.5. The Morgan fingerprint density at radius 3 is 2.76 bits per heavy atom. The topological polar surface area (TPSA) is 108 Å². The molecule has 0 spiro atoms. The molecule has 2 heterocycles. The molecular weight excluding hydrogens is 370 g/mol. The van der Waals surface area contributed by atoms with Crippen molar-refractivity contribution in [1.29, 1.82) is 5.26 Å². The Morgan fingerprint density at radius 1 is 1.21 bits per heavy atom. The van der Waals surface area contributed by atoms with Gasteiger partial charge in [0.2, 0.25) is 11.6 Å². The van der Waals surface area contributed by atoms with Crippen LogP contribution in [0, 0.1) is 11.3 Å². The van der Waals surface area contributed by atoms with Gasteiger partial charge in [-0.1, -0.05) is 18.2 Å². The van der Waals surface area contributed by atoms with E-state index in [1.165, 1.54) is 4.40 Å². The van der Waals surface area contributed by atoms with Gasteiger partial charge in [0.15, 0.2) is 5.82 Å². The van der Waals surface area contributed by atoms with Crippen molar-refractivity contribution >= 4 is 34.1 Å². The zero-order valence-electron chi connectivity index (χ0n) is 15.8. The van der Waals surface area contributed by atoms with E-state index in [4.69, 9.17) is 5.26 Å². The van der Waals surface area contributed by atoms with Gasteiger partial charge in [0.1, 0.15) is 6.54 Å². The number of para-hydroxylation sites is 2. The number of benzene rings is 2. The molecule has 2 aromatic heterocycles. The van der Waals surface area contributed by atoms with Crippen molar-refractivity contribution in [3.05, 3.63) is 64.6 Å². The van der Waals surface area contributed by atoms with Crippen LogP contribution in [0.4, 0.5) is 11.5 Å². The van der Waals surface area contributed by atoms with Crippen molar-refractivity contribution < 1.29 is 4.79 Å². The predicted molar refractivity (Wildman–Crippen MR) is 109 cm³/mol. The summed E-state index contributed by atoms with van der Waals surface area (Å²) in [7, 11) is 3.63. The fourth-order valence-electron chi connectivity index (χ4n) is 3.09. The second-order valence-corrected chi connectivity index (χ2v) is 6.66. The first-order valence-corrected chi connectivity index (χ1v) is 8.83. The molecule has 9 heteroatoms. The number of amides is 1. The highest BCUT2D eigenvalue weighted by molar-refractivity contribution is 5.90. The summed E-state index contributed by atoms with van der Waals surface area (Å²) < 4.78 is 2.57. The van der Waals surface area contributed by atoms with Gasteiger partial charge in [0.05, 0.1) is 22.7 Å². The van der Waals surface area contributed by atoms with E-state index < -0.39 is 11.6 Å². The first-order valence-electron chi connectivity index (χ1n) is 8.83. The minimum Gasteiger partial charge on any atom is -0.360 e. The fourth-order valence-corrected chi connectivity index (χ4v) is 3.09. The monoisotopic (exact) mass is 387 g/mol. The van der Waals surface area contributed by atoms with Crippen LogP contribution in [0.1, 0.15) is 5.56 Å². The molecule has 29 heavy (non-hydrogen) atoms. The maximum atomic E-state index is 13.0. The van der Waals surface area contributed by atoms with E-state index >= 15 is 0 Å². The number of rotatable bonds is 4. The zero-order valence-corrected chi connectivity index (χ0v) is 15.8. The smallest absolute Gasteiger partial charge is 0.351 e. The van der Waals surface area contributed by atoms with Gasteiger partial charge in [-0.05, 0) is 30.3 Å². The van der Waals surface area contributed by atoms with E-state index in [-0.39, 0.29) is 6.54 Å². The van der Waals surface area contributed by atoms with Crippen LogP contribution in [-0.4, -0.2) is 39.2 Å². The van der Waals surface area contributed by atoms with E-state index in [9.17, 15) is 9.59 Å². The average molecular weight is 387 g/mol. The maximum absolute atomic E-state index is 13.0. The molecule has 0 aliphatic heterocycles. The molecule has 4 aromatic rings. The number of carbonyl (C=O) groups excluding carboxylic acids is 1. The highest BCUT2D eigenvalue weighted by Gasteiger charge is 2.18. The van der Waals surface area contributed by atoms with Crippen LogP contribution in [0.2, 0.25) is 0 Å². The van der Waals surface area contributed by atoms with Crippen LogP contribution < -0.4 is 15.9 Å². The summed E-state index contributed by atoms with van der Waals surface area (Å²) in [4.78, 5) is 31.8. The lowest BCUT2D eigenvalue weighted by Crippen LogP contribution is -2.28. The van der Waals surface area contributed by atoms with Gasteiger partial charge < -0.3 is 10.2 Å². The quantitative estimate of drug-likeness (QED) is 0.570. The molecule has 144 valence electrons. The number of nitrogens with zero attached hydrogens (tertiary/aromatic N) is 6. The second kappa shape index (κ2) is 7.09. The molecule has 1 amide bonds. The van der Waals surface area contributed by atoms with Crippen molar-refractivity contribution in [2.75, 3.05) is 24.3 Å². The third-order valence-corrected chi connectivity index (χ3v) is 4.38. The molecule has 2 aromatic carbocycles. The van der Waals surface area contributed by atoms with Gasteiger partial charge in [-0.2, -0.15) is 5.26 Å². The van der Waals surface area contributed by atoms with E-state index in [0.717, 1.165) is 4.68 Å². The van der Waals surface area contributed by atoms with E-state index in [0.29, 0.717) is 33.7 Å². The summed E-state index contributed by atoms with van der Waals surface area (Å²) in [5, 5.41) is 16.0. The van der Waals surface area contributed by atoms with Gasteiger partial charge in [-0.25, -0.2) is 18.9 Å². The van der Waals surface area contributed by atoms with Crippen molar-refractivity contribution in [2.45, 2.75) is 6.54 Å². The van der Waals surface area contributed by atoms with E-state index in [1.54, 1.807) is 35.2 Å². The summed E-state index contributed by atoms with van der Waals surface area (Å²) in [6.45, 7) is -0.265. The normalized spacial score (nSPS) is 10.8. The SMILES string of the molecule is CN(C)c1nc2ccccc2n2c(=O)n(CC(=O)Nc3cccc(C#N)c3)nc12. The third kappa shape index (κ3) is 3.27. The maximum Gasteiger partial charge on any atom is 0.351 e. The Hall–Kier alpha value is -4.19. The number of nitrogens with one attached hydrogen (secondary N) is 1. The van der Waals surface area contributed by atoms with Crippen molar-refractivity contribution in [3.8, 4) is 6.07 Å². The average Bonchev–Trinajstić information content (AvgIpc) is 3.03. The Morgan fingerprint density at radius 2 is 2.00 bits per heavy atom. The molecule has 0 unspecified atom stereocenters. The molecule has 1 N–H and O–H groups in total. The molecular formula is C20H17N7O2. The van der Waals surface area contributed by atoms with Crippen LogP contribution >= 0.6 is 0 Å². The van der Waals surface area contributed by atoms with Crippen LogP contribution in [-0.2, 0) is 11.3 Å². The standard InChI is InChI=1S/C20H17N7O2/c1-25(2)18-19-24-26(12-17(28)22-14-7-5-6-13(10-14)11-21)20(29)27(19)16-9-4-3-8-15(16)23-18/h3-10H,12H2,1-2H3,(H,22,28). The molecule has 0 radical (unpaired) electrons. The molecule has 0 saturated heterocycles. The molecule has 0 saturated carbocycles. The number of hydrogen-bond acceptors (Lipinski definition) is 6. The molecule has 0 aliphatic rings. The van der Waals surface area contributed by atoms with E-state index in [2.05, 4.69) is 15.4 Å². The van der Waals surface area contributed by atoms with Gasteiger partial charge in [-0.3, -0.25) is 4.79 Å². The number of nitriles is 1. The summed E-state index contributed by atoms with van der Waals surface area (Å²) in [6, 6.07) is 15.8.